The molecule has 0 aliphatic heterocycles. The van der Waals surface area contributed by atoms with E-state index in [4.69, 9.17) is 9.47 Å². The molecule has 2 bridgehead atoms. The van der Waals surface area contributed by atoms with E-state index in [2.05, 4.69) is 63.7 Å². The largest absolute Gasteiger partial charge is 0.396 e. The summed E-state index contributed by atoms with van der Waals surface area (Å²) in [5.74, 6) is -0.900. The van der Waals surface area contributed by atoms with Crippen LogP contribution in [0.3, 0.4) is 0 Å². The van der Waals surface area contributed by atoms with Gasteiger partial charge in [0, 0.05) is 35.7 Å². The van der Waals surface area contributed by atoms with E-state index in [0.29, 0.717) is 6.42 Å². The highest BCUT2D eigenvalue weighted by molar-refractivity contribution is 9.16. The van der Waals surface area contributed by atoms with Crippen LogP contribution in [0.5, 0.6) is 0 Å². The van der Waals surface area contributed by atoms with Gasteiger partial charge < -0.3 is 14.6 Å². The number of methoxy groups -OCH3 is 2. The van der Waals surface area contributed by atoms with Gasteiger partial charge in [-0.25, -0.2) is 0 Å². The molecular weight excluding hydrogens is 488 g/mol. The highest BCUT2D eigenvalue weighted by Gasteiger charge is 2.79. The van der Waals surface area contributed by atoms with Crippen LogP contribution in [-0.2, 0) is 9.47 Å². The lowest BCUT2D eigenvalue weighted by atomic mass is 9.93. The molecule has 1 saturated carbocycles. The Kier molecular flexibility index (Phi) is 3.98. The first-order valence-electron chi connectivity index (χ1n) is 5.01. The Balaban J connectivity index is 2.68. The second kappa shape index (κ2) is 4.53. The molecule has 17 heavy (non-hydrogen) atoms. The summed E-state index contributed by atoms with van der Waals surface area (Å²) in [5.41, 5.74) is 0. The summed E-state index contributed by atoms with van der Waals surface area (Å²) < 4.78 is 12.1. The van der Waals surface area contributed by atoms with E-state index in [1.165, 1.54) is 0 Å². The molecule has 98 valence electrons. The number of hydrogen-bond donors (Lipinski definition) is 1. The molecule has 2 aliphatic carbocycles. The first kappa shape index (κ1) is 14.9. The van der Waals surface area contributed by atoms with Crippen LogP contribution in [0.1, 0.15) is 6.42 Å². The van der Waals surface area contributed by atoms with Crippen molar-refractivity contribution >= 4 is 63.7 Å². The number of aliphatic hydroxyl groups is 1. The Morgan fingerprint density at radius 1 is 1.24 bits per heavy atom. The maximum Gasteiger partial charge on any atom is 0.208 e. The van der Waals surface area contributed by atoms with Gasteiger partial charge >= 0.3 is 0 Å². The van der Waals surface area contributed by atoms with Crippen molar-refractivity contribution in [1.29, 1.82) is 0 Å². The van der Waals surface area contributed by atoms with E-state index in [9.17, 15) is 5.11 Å². The van der Waals surface area contributed by atoms with Crippen LogP contribution in [0.25, 0.3) is 0 Å². The Bertz CT molecular complexity index is 382. The summed E-state index contributed by atoms with van der Waals surface area (Å²) in [5, 5.41) is 9.57. The first-order chi connectivity index (χ1) is 7.85. The van der Waals surface area contributed by atoms with Crippen LogP contribution in [-0.4, -0.2) is 40.4 Å². The Morgan fingerprint density at radius 3 is 2.12 bits per heavy atom. The number of fused-ring (bicyclic) bond motifs is 2. The number of halogens is 4. The third-order valence-corrected chi connectivity index (χ3v) is 10.2. The molecule has 1 N–H and O–H groups in total. The molecule has 3 nitrogen and oxygen atoms in total. The van der Waals surface area contributed by atoms with Crippen LogP contribution in [0.15, 0.2) is 8.96 Å². The molecule has 1 fully saturated rings. The van der Waals surface area contributed by atoms with Crippen LogP contribution < -0.4 is 0 Å². The quantitative estimate of drug-likeness (QED) is 0.479. The smallest absolute Gasteiger partial charge is 0.208 e. The summed E-state index contributed by atoms with van der Waals surface area (Å²) in [7, 11) is 3.22. The van der Waals surface area contributed by atoms with Gasteiger partial charge in [-0.15, -0.1) is 0 Å². The molecule has 0 spiro atoms. The summed E-state index contributed by atoms with van der Waals surface area (Å²) in [6.45, 7) is 0.0580. The van der Waals surface area contributed by atoms with Crippen molar-refractivity contribution in [3.8, 4) is 0 Å². The first-order valence-corrected chi connectivity index (χ1v) is 8.18. The third kappa shape index (κ3) is 1.42. The van der Waals surface area contributed by atoms with Gasteiger partial charge in [-0.3, -0.25) is 0 Å². The van der Waals surface area contributed by atoms with Crippen LogP contribution in [0.2, 0.25) is 0 Å². The maximum atomic E-state index is 9.57. The molecule has 0 amide bonds. The highest BCUT2D eigenvalue weighted by Crippen LogP contribution is 2.73. The van der Waals surface area contributed by atoms with E-state index in [1.807, 2.05) is 0 Å². The minimum atomic E-state index is -0.898. The van der Waals surface area contributed by atoms with Crippen molar-refractivity contribution in [3.63, 3.8) is 0 Å². The Morgan fingerprint density at radius 2 is 1.76 bits per heavy atom. The monoisotopic (exact) mass is 496 g/mol. The second-order valence-corrected chi connectivity index (χ2v) is 8.44. The number of alkyl halides is 2. The fourth-order valence-electron chi connectivity index (χ4n) is 2.96. The zero-order valence-electron chi connectivity index (χ0n) is 9.27. The van der Waals surface area contributed by atoms with Crippen molar-refractivity contribution in [2.24, 2.45) is 5.92 Å². The summed E-state index contributed by atoms with van der Waals surface area (Å²) >= 11 is 14.6. The van der Waals surface area contributed by atoms with E-state index in [1.54, 1.807) is 14.2 Å². The van der Waals surface area contributed by atoms with Gasteiger partial charge in [0.2, 0.25) is 5.79 Å². The Labute approximate surface area is 134 Å². The number of aliphatic hydroxyl groups excluding tert-OH is 1. The molecule has 7 heteroatoms. The maximum absolute atomic E-state index is 9.57. The molecule has 0 saturated heterocycles. The zero-order valence-corrected chi connectivity index (χ0v) is 15.6. The van der Waals surface area contributed by atoms with Crippen molar-refractivity contribution in [1.82, 2.24) is 0 Å². The van der Waals surface area contributed by atoms with Gasteiger partial charge in [-0.2, -0.15) is 0 Å². The van der Waals surface area contributed by atoms with Crippen LogP contribution in [0.4, 0.5) is 0 Å². The molecule has 2 aliphatic rings. The molecule has 0 aromatic rings. The van der Waals surface area contributed by atoms with Gasteiger partial charge in [0.1, 0.15) is 8.65 Å². The molecule has 0 aromatic carbocycles. The fourth-order valence-corrected chi connectivity index (χ4v) is 7.81. The average Bonchev–Trinajstić information content (AvgIpc) is 2.60. The van der Waals surface area contributed by atoms with Gasteiger partial charge in [0.15, 0.2) is 0 Å². The predicted octanol–water partition coefficient (Wildman–Crippen LogP) is 3.27. The van der Waals surface area contributed by atoms with Gasteiger partial charge in [0.05, 0.1) is 0 Å². The number of ether oxygens (including phenoxy) is 2. The number of rotatable bonds is 3. The summed E-state index contributed by atoms with van der Waals surface area (Å²) in [6, 6.07) is 0. The van der Waals surface area contributed by atoms with Crippen LogP contribution >= 0.6 is 63.7 Å². The third-order valence-electron chi connectivity index (χ3n) is 3.75. The van der Waals surface area contributed by atoms with Crippen molar-refractivity contribution in [2.75, 3.05) is 20.8 Å². The molecule has 0 aromatic heterocycles. The molecule has 2 rings (SSSR count). The zero-order chi connectivity index (χ0) is 13.1. The normalized spacial score (nSPS) is 43.6. The molecule has 3 atom stereocenters. The second-order valence-electron chi connectivity index (χ2n) is 4.25. The van der Waals surface area contributed by atoms with Gasteiger partial charge in [0.25, 0.3) is 0 Å². The van der Waals surface area contributed by atoms with Gasteiger partial charge in [-0.1, -0.05) is 63.7 Å². The summed E-state index contributed by atoms with van der Waals surface area (Å²) in [6.07, 6.45) is 0.714. The lowest BCUT2D eigenvalue weighted by Crippen LogP contribution is -2.56. The predicted molar refractivity (Wildman–Crippen MR) is 80.1 cm³/mol. The topological polar surface area (TPSA) is 38.7 Å². The molecule has 0 heterocycles. The SMILES string of the molecule is COC1(OC)[C@@]2(Br)C(Br)=C(Br)[C@@]1(Br)C[C@@H]2CO. The Hall–Kier alpha value is 1.54. The van der Waals surface area contributed by atoms with E-state index in [-0.39, 0.29) is 12.5 Å². The van der Waals surface area contributed by atoms with Crippen molar-refractivity contribution < 1.29 is 14.6 Å². The van der Waals surface area contributed by atoms with E-state index < -0.39 is 14.4 Å². The highest BCUT2D eigenvalue weighted by atomic mass is 79.9. The van der Waals surface area contributed by atoms with Crippen LogP contribution in [0, 0.1) is 5.92 Å². The summed E-state index contributed by atoms with van der Waals surface area (Å²) in [4.78, 5) is 0. The number of hydrogen-bond acceptors (Lipinski definition) is 3. The fraction of sp³-hybridized carbons (Fsp3) is 0.800. The molecule has 0 radical (unpaired) electrons. The van der Waals surface area contributed by atoms with Gasteiger partial charge in [-0.05, 0) is 6.42 Å². The molecular formula is C10H12Br4O3. The lowest BCUT2D eigenvalue weighted by molar-refractivity contribution is -0.213. The minimum absolute atomic E-state index is 0.00236. The lowest BCUT2D eigenvalue weighted by Gasteiger charge is -2.42. The molecule has 0 unspecified atom stereocenters. The standard InChI is InChI=1S/C10H12Br4O3/c1-16-10(17-2)8(13)3-5(4-15)9(10,14)7(12)6(8)11/h5,15H,3-4H2,1-2H3/t5-,8+,9+/m1/s1. The van der Waals surface area contributed by atoms with Crippen molar-refractivity contribution in [2.45, 2.75) is 20.9 Å². The average molecular weight is 500 g/mol. The minimum Gasteiger partial charge on any atom is -0.396 e. The van der Waals surface area contributed by atoms with Crippen molar-refractivity contribution in [3.05, 3.63) is 8.96 Å². The van der Waals surface area contributed by atoms with E-state index >= 15 is 0 Å². The van der Waals surface area contributed by atoms with E-state index in [0.717, 1.165) is 8.96 Å².